The third-order valence-corrected chi connectivity index (χ3v) is 5.82. The molecule has 0 N–H and O–H groups in total. The van der Waals surface area contributed by atoms with Crippen LogP contribution in [0.1, 0.15) is 19.4 Å². The smallest absolute Gasteiger partial charge is 0.244 e. The van der Waals surface area contributed by atoms with Crippen LogP contribution in [0, 0.1) is 6.92 Å². The van der Waals surface area contributed by atoms with Crippen LogP contribution >= 0.6 is 15.9 Å². The molecule has 0 aromatic heterocycles. The van der Waals surface area contributed by atoms with Gasteiger partial charge in [-0.15, -0.1) is 0 Å². The van der Waals surface area contributed by atoms with Gasteiger partial charge in [-0.3, -0.25) is 0 Å². The second-order valence-electron chi connectivity index (χ2n) is 4.64. The molecule has 1 aromatic rings. The molecule has 0 bridgehead atoms. The molecule has 0 heterocycles. The van der Waals surface area contributed by atoms with E-state index in [9.17, 15) is 8.42 Å². The Hall–Kier alpha value is -0.430. The fourth-order valence-corrected chi connectivity index (χ4v) is 4.55. The lowest BCUT2D eigenvalue weighted by atomic mass is 10.2. The molecule has 0 spiro atoms. The Labute approximate surface area is 123 Å². The first kappa shape index (κ1) is 16.6. The summed E-state index contributed by atoms with van der Waals surface area (Å²) in [4.78, 5) is 0.294. The third kappa shape index (κ3) is 4.02. The number of hydrogen-bond donors (Lipinski definition) is 0. The van der Waals surface area contributed by atoms with Crippen molar-refractivity contribution in [3.8, 4) is 0 Å². The fraction of sp³-hybridized carbons (Fsp3) is 0.538. The molecular formula is C13H20BrNO3S. The first-order valence-electron chi connectivity index (χ1n) is 6.07. The minimum atomic E-state index is -3.51. The number of halogens is 1. The van der Waals surface area contributed by atoms with Crippen molar-refractivity contribution in [3.05, 3.63) is 28.2 Å². The van der Waals surface area contributed by atoms with E-state index in [4.69, 9.17) is 4.74 Å². The van der Waals surface area contributed by atoms with Crippen LogP contribution < -0.4 is 0 Å². The molecule has 0 amide bonds. The van der Waals surface area contributed by atoms with E-state index >= 15 is 0 Å². The maximum Gasteiger partial charge on any atom is 0.244 e. The van der Waals surface area contributed by atoms with Gasteiger partial charge in [0.25, 0.3) is 0 Å². The van der Waals surface area contributed by atoms with E-state index in [0.29, 0.717) is 22.5 Å². The molecule has 108 valence electrons. The lowest BCUT2D eigenvalue weighted by molar-refractivity contribution is 0.171. The lowest BCUT2D eigenvalue weighted by Gasteiger charge is -2.26. The van der Waals surface area contributed by atoms with Gasteiger partial charge in [-0.2, -0.15) is 4.31 Å². The van der Waals surface area contributed by atoms with E-state index in [2.05, 4.69) is 15.9 Å². The average molecular weight is 350 g/mol. The molecule has 0 aliphatic rings. The van der Waals surface area contributed by atoms with Crippen molar-refractivity contribution < 1.29 is 13.2 Å². The molecule has 0 saturated carbocycles. The molecular weight excluding hydrogens is 330 g/mol. The highest BCUT2D eigenvalue weighted by Gasteiger charge is 2.28. The van der Waals surface area contributed by atoms with E-state index in [-0.39, 0.29) is 6.04 Å². The summed E-state index contributed by atoms with van der Waals surface area (Å²) in [5, 5.41) is 0. The van der Waals surface area contributed by atoms with Gasteiger partial charge in [0.1, 0.15) is 0 Å². The predicted octanol–water partition coefficient (Wildman–Crippen LogP) is 2.80. The largest absolute Gasteiger partial charge is 0.383 e. The van der Waals surface area contributed by atoms with Gasteiger partial charge in [-0.1, -0.05) is 6.07 Å². The minimum absolute atomic E-state index is 0.117. The highest BCUT2D eigenvalue weighted by molar-refractivity contribution is 9.10. The monoisotopic (exact) mass is 349 g/mol. The summed E-state index contributed by atoms with van der Waals surface area (Å²) >= 11 is 3.33. The number of rotatable bonds is 6. The molecule has 4 nitrogen and oxygen atoms in total. The topological polar surface area (TPSA) is 46.6 Å². The van der Waals surface area contributed by atoms with Crippen LogP contribution in [0.15, 0.2) is 27.6 Å². The fourth-order valence-electron chi connectivity index (χ4n) is 1.78. The SMILES string of the molecule is COCCN(C(C)C)S(=O)(=O)c1ccc(C)cc1Br. The molecule has 1 rings (SSSR count). The van der Waals surface area contributed by atoms with Crippen LogP contribution in [0.5, 0.6) is 0 Å². The Balaban J connectivity index is 3.19. The van der Waals surface area contributed by atoms with Crippen LogP contribution in [0.25, 0.3) is 0 Å². The van der Waals surface area contributed by atoms with Gasteiger partial charge in [0.05, 0.1) is 11.5 Å². The Morgan fingerprint density at radius 2 is 2.00 bits per heavy atom. The predicted molar refractivity (Wildman–Crippen MR) is 79.8 cm³/mol. The molecule has 0 aliphatic heterocycles. The molecule has 0 unspecified atom stereocenters. The quantitative estimate of drug-likeness (QED) is 0.793. The summed E-state index contributed by atoms with van der Waals surface area (Å²) < 4.78 is 32.3. The Morgan fingerprint density at radius 1 is 1.37 bits per heavy atom. The molecule has 0 saturated heterocycles. The summed E-state index contributed by atoms with van der Waals surface area (Å²) in [5.41, 5.74) is 1.01. The zero-order chi connectivity index (χ0) is 14.6. The second-order valence-corrected chi connectivity index (χ2v) is 7.35. The first-order valence-corrected chi connectivity index (χ1v) is 8.31. The number of nitrogens with zero attached hydrogens (tertiary/aromatic N) is 1. The Bertz CT molecular complexity index is 529. The van der Waals surface area contributed by atoms with Crippen molar-refractivity contribution in [2.75, 3.05) is 20.3 Å². The summed E-state index contributed by atoms with van der Waals surface area (Å²) in [6, 6.07) is 5.12. The molecule has 0 radical (unpaired) electrons. The number of benzene rings is 1. The molecule has 19 heavy (non-hydrogen) atoms. The molecule has 0 fully saturated rings. The highest BCUT2D eigenvalue weighted by Crippen LogP contribution is 2.27. The molecule has 0 aliphatic carbocycles. The minimum Gasteiger partial charge on any atom is -0.383 e. The van der Waals surface area contributed by atoms with E-state index < -0.39 is 10.0 Å². The van der Waals surface area contributed by atoms with E-state index in [0.717, 1.165) is 5.56 Å². The summed E-state index contributed by atoms with van der Waals surface area (Å²) in [7, 11) is -1.95. The molecule has 6 heteroatoms. The summed E-state index contributed by atoms with van der Waals surface area (Å²) in [6.45, 7) is 6.36. The first-order chi connectivity index (χ1) is 8.80. The molecule has 1 aromatic carbocycles. The summed E-state index contributed by atoms with van der Waals surface area (Å²) in [6.07, 6.45) is 0. The van der Waals surface area contributed by atoms with Crippen LogP contribution in [-0.2, 0) is 14.8 Å². The third-order valence-electron chi connectivity index (χ3n) is 2.77. The van der Waals surface area contributed by atoms with Gasteiger partial charge in [0.15, 0.2) is 0 Å². The normalized spacial score (nSPS) is 12.4. The van der Waals surface area contributed by atoms with Crippen molar-refractivity contribution in [1.82, 2.24) is 4.31 Å². The number of hydrogen-bond acceptors (Lipinski definition) is 3. The van der Waals surface area contributed by atoms with E-state index in [1.54, 1.807) is 19.2 Å². The van der Waals surface area contributed by atoms with Crippen molar-refractivity contribution in [1.29, 1.82) is 0 Å². The average Bonchev–Trinajstić information content (AvgIpc) is 2.27. The van der Waals surface area contributed by atoms with Gasteiger partial charge in [0, 0.05) is 24.2 Å². The Morgan fingerprint density at radius 3 is 2.47 bits per heavy atom. The van der Waals surface area contributed by atoms with E-state index in [1.807, 2.05) is 26.8 Å². The number of sulfonamides is 1. The zero-order valence-electron chi connectivity index (χ0n) is 11.7. The van der Waals surface area contributed by atoms with Crippen molar-refractivity contribution in [2.24, 2.45) is 0 Å². The summed E-state index contributed by atoms with van der Waals surface area (Å²) in [5.74, 6) is 0. The van der Waals surface area contributed by atoms with Crippen molar-refractivity contribution in [2.45, 2.75) is 31.7 Å². The van der Waals surface area contributed by atoms with Crippen LogP contribution in [-0.4, -0.2) is 39.0 Å². The maximum atomic E-state index is 12.7. The highest BCUT2D eigenvalue weighted by atomic mass is 79.9. The Kier molecular flexibility index (Phi) is 5.98. The van der Waals surface area contributed by atoms with Crippen LogP contribution in [0.4, 0.5) is 0 Å². The maximum absolute atomic E-state index is 12.7. The second kappa shape index (κ2) is 6.83. The molecule has 0 atom stereocenters. The van der Waals surface area contributed by atoms with Crippen molar-refractivity contribution >= 4 is 26.0 Å². The standard InChI is InChI=1S/C13H20BrNO3S/c1-10(2)15(7-8-18-4)19(16,17)13-6-5-11(3)9-12(13)14/h5-6,9-10H,7-8H2,1-4H3. The number of methoxy groups -OCH3 is 1. The number of aryl methyl sites for hydroxylation is 1. The van der Waals surface area contributed by atoms with Crippen LogP contribution in [0.3, 0.4) is 0 Å². The van der Waals surface area contributed by atoms with Crippen molar-refractivity contribution in [3.63, 3.8) is 0 Å². The van der Waals surface area contributed by atoms with E-state index in [1.165, 1.54) is 4.31 Å². The van der Waals surface area contributed by atoms with Crippen LogP contribution in [0.2, 0.25) is 0 Å². The lowest BCUT2D eigenvalue weighted by Crippen LogP contribution is -2.39. The zero-order valence-corrected chi connectivity index (χ0v) is 14.1. The van der Waals surface area contributed by atoms with Gasteiger partial charge in [-0.25, -0.2) is 8.42 Å². The number of ether oxygens (including phenoxy) is 1. The van der Waals surface area contributed by atoms with Gasteiger partial charge in [0.2, 0.25) is 10.0 Å². The van der Waals surface area contributed by atoms with Gasteiger partial charge in [-0.05, 0) is 54.4 Å². The van der Waals surface area contributed by atoms with Gasteiger partial charge >= 0.3 is 0 Å². The van der Waals surface area contributed by atoms with Gasteiger partial charge < -0.3 is 4.74 Å².